The summed E-state index contributed by atoms with van der Waals surface area (Å²) >= 11 is 0. The van der Waals surface area contributed by atoms with Gasteiger partial charge < -0.3 is 10.1 Å². The molecule has 4 nitrogen and oxygen atoms in total. The molecule has 1 aromatic heterocycles. The Kier molecular flexibility index (Phi) is 6.83. The molecule has 0 radical (unpaired) electrons. The Hall–Kier alpha value is -3.76. The van der Waals surface area contributed by atoms with Gasteiger partial charge in [0.15, 0.2) is 0 Å². The number of hydrogen-bond acceptors (Lipinski definition) is 3. The van der Waals surface area contributed by atoms with Crippen molar-refractivity contribution in [1.82, 2.24) is 10.3 Å². The first-order chi connectivity index (χ1) is 15.3. The first kappa shape index (κ1) is 20.5. The van der Waals surface area contributed by atoms with Crippen LogP contribution >= 0.6 is 0 Å². The summed E-state index contributed by atoms with van der Waals surface area (Å²) < 4.78 is 6.12. The Labute approximate surface area is 182 Å². The summed E-state index contributed by atoms with van der Waals surface area (Å²) in [5, 5.41) is 3.12. The lowest BCUT2D eigenvalue weighted by atomic mass is 9.99. The fraction of sp³-hybridized carbons (Fsp3) is 0.111. The molecule has 4 rings (SSSR count). The van der Waals surface area contributed by atoms with Gasteiger partial charge in [0.05, 0.1) is 6.04 Å². The summed E-state index contributed by atoms with van der Waals surface area (Å²) in [4.78, 5) is 17.0. The third kappa shape index (κ3) is 5.44. The van der Waals surface area contributed by atoms with E-state index in [0.717, 1.165) is 22.3 Å². The number of rotatable bonds is 8. The highest BCUT2D eigenvalue weighted by Crippen LogP contribution is 2.26. The zero-order valence-corrected chi connectivity index (χ0v) is 17.1. The smallest absolute Gasteiger partial charge is 0.246 e. The van der Waals surface area contributed by atoms with E-state index in [-0.39, 0.29) is 24.7 Å². The molecule has 1 atom stereocenters. The third-order valence-electron chi connectivity index (χ3n) is 5.06. The summed E-state index contributed by atoms with van der Waals surface area (Å²) in [6, 6.07) is 33.3. The van der Waals surface area contributed by atoms with Gasteiger partial charge in [-0.05, 0) is 34.4 Å². The maximum absolute atomic E-state index is 12.9. The average Bonchev–Trinajstić information content (AvgIpc) is 2.85. The van der Waals surface area contributed by atoms with Crippen molar-refractivity contribution in [1.29, 1.82) is 0 Å². The largest absolute Gasteiger partial charge is 0.359 e. The third-order valence-corrected chi connectivity index (χ3v) is 5.06. The van der Waals surface area contributed by atoms with Crippen molar-refractivity contribution in [2.24, 2.45) is 0 Å². The molecule has 1 N–H and O–H groups in total. The van der Waals surface area contributed by atoms with Gasteiger partial charge in [0.25, 0.3) is 0 Å². The zero-order valence-electron chi connectivity index (χ0n) is 17.1. The summed E-state index contributed by atoms with van der Waals surface area (Å²) in [6.07, 6.45) is 3.15. The number of nitrogens with one attached hydrogen (secondary N) is 1. The second-order valence-corrected chi connectivity index (χ2v) is 7.20. The van der Waals surface area contributed by atoms with Crippen LogP contribution < -0.4 is 5.32 Å². The van der Waals surface area contributed by atoms with Gasteiger partial charge in [0.2, 0.25) is 5.91 Å². The SMILES string of the molecule is O=C(COC(c1ccccc1)c1ccccc1)NC(c1ccccc1)c1ccncc1. The van der Waals surface area contributed by atoms with Crippen molar-refractivity contribution in [2.45, 2.75) is 12.1 Å². The number of nitrogens with zero attached hydrogens (tertiary/aromatic N) is 1. The molecule has 1 unspecified atom stereocenters. The number of amides is 1. The molecule has 4 aromatic rings. The number of aromatic nitrogens is 1. The summed E-state index contributed by atoms with van der Waals surface area (Å²) in [7, 11) is 0. The molecule has 1 heterocycles. The van der Waals surface area contributed by atoms with E-state index in [4.69, 9.17) is 4.74 Å². The second kappa shape index (κ2) is 10.3. The molecule has 0 bridgehead atoms. The van der Waals surface area contributed by atoms with Crippen LogP contribution in [0.15, 0.2) is 116 Å². The van der Waals surface area contributed by atoms with E-state index in [2.05, 4.69) is 10.3 Å². The van der Waals surface area contributed by atoms with Crippen LogP contribution in [-0.2, 0) is 9.53 Å². The molecule has 0 saturated heterocycles. The molecule has 3 aromatic carbocycles. The van der Waals surface area contributed by atoms with Crippen LogP contribution in [0.4, 0.5) is 0 Å². The van der Waals surface area contributed by atoms with Gasteiger partial charge in [-0.1, -0.05) is 91.0 Å². The number of benzene rings is 3. The van der Waals surface area contributed by atoms with Crippen molar-refractivity contribution >= 4 is 5.91 Å². The van der Waals surface area contributed by atoms with E-state index in [1.807, 2.05) is 103 Å². The predicted molar refractivity (Wildman–Crippen MR) is 121 cm³/mol. The summed E-state index contributed by atoms with van der Waals surface area (Å²) in [5.41, 5.74) is 3.99. The van der Waals surface area contributed by atoms with Crippen molar-refractivity contribution in [2.75, 3.05) is 6.61 Å². The van der Waals surface area contributed by atoms with Gasteiger partial charge >= 0.3 is 0 Å². The Balaban J connectivity index is 1.50. The molecule has 0 fully saturated rings. The maximum Gasteiger partial charge on any atom is 0.246 e. The molecule has 1 amide bonds. The number of carbonyl (C=O) groups is 1. The fourth-order valence-electron chi connectivity index (χ4n) is 3.56. The maximum atomic E-state index is 12.9. The van der Waals surface area contributed by atoms with E-state index >= 15 is 0 Å². The predicted octanol–water partition coefficient (Wildman–Crippen LogP) is 5.09. The monoisotopic (exact) mass is 408 g/mol. The number of carbonyl (C=O) groups excluding carboxylic acids is 1. The van der Waals surface area contributed by atoms with E-state index in [1.165, 1.54) is 0 Å². The first-order valence-electron chi connectivity index (χ1n) is 10.3. The van der Waals surface area contributed by atoms with E-state index in [1.54, 1.807) is 12.4 Å². The van der Waals surface area contributed by atoms with Gasteiger partial charge in [0.1, 0.15) is 12.7 Å². The molecule has 31 heavy (non-hydrogen) atoms. The van der Waals surface area contributed by atoms with Gasteiger partial charge in [-0.25, -0.2) is 0 Å². The molecule has 0 aliphatic carbocycles. The standard InChI is InChI=1S/C27H24N2O2/c30-25(29-26(21-10-4-1-5-11-21)22-16-18-28-19-17-22)20-31-27(23-12-6-2-7-13-23)24-14-8-3-9-15-24/h1-19,26-27H,20H2,(H,29,30). The molecule has 0 saturated carbocycles. The second-order valence-electron chi connectivity index (χ2n) is 7.20. The minimum Gasteiger partial charge on any atom is -0.359 e. The number of ether oxygens (including phenoxy) is 1. The normalized spacial score (nSPS) is 11.8. The van der Waals surface area contributed by atoms with Gasteiger partial charge in [-0.3, -0.25) is 9.78 Å². The van der Waals surface area contributed by atoms with Crippen molar-refractivity contribution in [3.63, 3.8) is 0 Å². The van der Waals surface area contributed by atoms with Gasteiger partial charge in [-0.15, -0.1) is 0 Å². The Morgan fingerprint density at radius 2 is 1.13 bits per heavy atom. The zero-order chi connectivity index (χ0) is 21.3. The van der Waals surface area contributed by atoms with Crippen LogP contribution in [0, 0.1) is 0 Å². The fourth-order valence-corrected chi connectivity index (χ4v) is 3.56. The minimum atomic E-state index is -0.316. The molecule has 154 valence electrons. The Morgan fingerprint density at radius 3 is 1.65 bits per heavy atom. The highest BCUT2D eigenvalue weighted by molar-refractivity contribution is 5.78. The number of pyridine rings is 1. The molecular formula is C27H24N2O2. The van der Waals surface area contributed by atoms with E-state index < -0.39 is 0 Å². The van der Waals surface area contributed by atoms with Crippen LogP contribution in [0.2, 0.25) is 0 Å². The van der Waals surface area contributed by atoms with Crippen molar-refractivity contribution in [3.05, 3.63) is 138 Å². The van der Waals surface area contributed by atoms with Gasteiger partial charge in [-0.2, -0.15) is 0 Å². The lowest BCUT2D eigenvalue weighted by molar-refractivity contribution is -0.127. The highest BCUT2D eigenvalue weighted by Gasteiger charge is 2.20. The summed E-state index contributed by atoms with van der Waals surface area (Å²) in [5.74, 6) is -0.178. The minimum absolute atomic E-state index is 0.0527. The van der Waals surface area contributed by atoms with Crippen LogP contribution in [0.1, 0.15) is 34.4 Å². The number of hydrogen-bond donors (Lipinski definition) is 1. The molecule has 0 aliphatic rings. The van der Waals surface area contributed by atoms with E-state index in [0.29, 0.717) is 0 Å². The lowest BCUT2D eigenvalue weighted by Gasteiger charge is -2.22. The van der Waals surface area contributed by atoms with Crippen LogP contribution in [0.5, 0.6) is 0 Å². The highest BCUT2D eigenvalue weighted by atomic mass is 16.5. The Bertz CT molecular complexity index is 992. The van der Waals surface area contributed by atoms with Crippen LogP contribution in [-0.4, -0.2) is 17.5 Å². The topological polar surface area (TPSA) is 51.2 Å². The van der Waals surface area contributed by atoms with Crippen LogP contribution in [0.25, 0.3) is 0 Å². The molecular weight excluding hydrogens is 384 g/mol. The lowest BCUT2D eigenvalue weighted by Crippen LogP contribution is -2.33. The molecule has 0 aliphatic heterocycles. The van der Waals surface area contributed by atoms with Crippen molar-refractivity contribution in [3.8, 4) is 0 Å². The molecule has 0 spiro atoms. The van der Waals surface area contributed by atoms with Gasteiger partial charge in [0, 0.05) is 12.4 Å². The quantitative estimate of drug-likeness (QED) is 0.442. The van der Waals surface area contributed by atoms with Crippen LogP contribution in [0.3, 0.4) is 0 Å². The first-order valence-corrected chi connectivity index (χ1v) is 10.3. The summed E-state index contributed by atoms with van der Waals surface area (Å²) in [6.45, 7) is -0.0527. The Morgan fingerprint density at radius 1 is 0.677 bits per heavy atom. The average molecular weight is 409 g/mol. The van der Waals surface area contributed by atoms with Crippen molar-refractivity contribution < 1.29 is 9.53 Å². The molecule has 4 heteroatoms. The van der Waals surface area contributed by atoms with E-state index in [9.17, 15) is 4.79 Å².